The molecule has 136 valence electrons. The fourth-order valence-electron chi connectivity index (χ4n) is 3.27. The third-order valence-corrected chi connectivity index (χ3v) is 5.61. The van der Waals surface area contributed by atoms with Crippen LogP contribution in [0.4, 0.5) is 0 Å². The van der Waals surface area contributed by atoms with E-state index in [1.807, 2.05) is 47.7 Å². The molecule has 1 aromatic carbocycles. The molecular formula is C21H15N5OS. The molecule has 0 spiro atoms. The number of nitrogens with one attached hydrogen (secondary N) is 1. The molecule has 0 saturated heterocycles. The SMILES string of the molecule is Cc1nc2ccc(C=O)cn2c1-c1nc(-c2ccccc2)c(-c2ncc[nH]2)s1. The molecular weight excluding hydrogens is 370 g/mol. The number of hydrogen-bond donors (Lipinski definition) is 1. The van der Waals surface area contributed by atoms with E-state index in [1.165, 1.54) is 0 Å². The molecule has 7 heteroatoms. The van der Waals surface area contributed by atoms with E-state index in [4.69, 9.17) is 4.98 Å². The summed E-state index contributed by atoms with van der Waals surface area (Å²) >= 11 is 1.56. The number of aromatic nitrogens is 5. The van der Waals surface area contributed by atoms with Crippen molar-refractivity contribution < 1.29 is 4.79 Å². The second-order valence-corrected chi connectivity index (χ2v) is 7.35. The van der Waals surface area contributed by atoms with Gasteiger partial charge in [0.2, 0.25) is 0 Å². The summed E-state index contributed by atoms with van der Waals surface area (Å²) in [6.07, 6.45) is 6.18. The van der Waals surface area contributed by atoms with Crippen LogP contribution in [0.3, 0.4) is 0 Å². The summed E-state index contributed by atoms with van der Waals surface area (Å²) in [5, 5.41) is 0.832. The van der Waals surface area contributed by atoms with Crippen molar-refractivity contribution in [2.45, 2.75) is 6.92 Å². The summed E-state index contributed by atoms with van der Waals surface area (Å²) in [5.41, 5.74) is 5.03. The highest BCUT2D eigenvalue weighted by Crippen LogP contribution is 2.40. The van der Waals surface area contributed by atoms with E-state index < -0.39 is 0 Å². The van der Waals surface area contributed by atoms with Crippen LogP contribution < -0.4 is 0 Å². The summed E-state index contributed by atoms with van der Waals surface area (Å²) in [5.74, 6) is 0.780. The van der Waals surface area contributed by atoms with E-state index in [0.29, 0.717) is 5.56 Å². The summed E-state index contributed by atoms with van der Waals surface area (Å²) in [4.78, 5) is 29.4. The Hall–Kier alpha value is -3.58. The zero-order valence-corrected chi connectivity index (χ0v) is 15.8. The van der Waals surface area contributed by atoms with E-state index in [2.05, 4.69) is 15.0 Å². The Balaban J connectivity index is 1.77. The molecule has 0 amide bonds. The first-order valence-corrected chi connectivity index (χ1v) is 9.56. The lowest BCUT2D eigenvalue weighted by Gasteiger charge is -2.00. The Bertz CT molecular complexity index is 1290. The van der Waals surface area contributed by atoms with Gasteiger partial charge in [-0.1, -0.05) is 30.3 Å². The van der Waals surface area contributed by atoms with Crippen LogP contribution in [0, 0.1) is 6.92 Å². The number of hydrogen-bond acceptors (Lipinski definition) is 5. The smallest absolute Gasteiger partial charge is 0.151 e. The zero-order chi connectivity index (χ0) is 19.1. The zero-order valence-electron chi connectivity index (χ0n) is 15.0. The Labute approximate surface area is 164 Å². The van der Waals surface area contributed by atoms with E-state index in [0.717, 1.165) is 50.3 Å². The summed E-state index contributed by atoms with van der Waals surface area (Å²) in [6.45, 7) is 1.96. The first-order valence-electron chi connectivity index (χ1n) is 8.75. The molecule has 28 heavy (non-hydrogen) atoms. The van der Waals surface area contributed by atoms with Gasteiger partial charge >= 0.3 is 0 Å². The van der Waals surface area contributed by atoms with Crippen molar-refractivity contribution in [1.82, 2.24) is 24.3 Å². The van der Waals surface area contributed by atoms with E-state index in [1.54, 1.807) is 36.0 Å². The number of aryl methyl sites for hydroxylation is 1. The monoisotopic (exact) mass is 385 g/mol. The maximum atomic E-state index is 11.2. The first-order chi connectivity index (χ1) is 13.7. The van der Waals surface area contributed by atoms with Crippen LogP contribution in [0.1, 0.15) is 16.1 Å². The number of aldehydes is 1. The van der Waals surface area contributed by atoms with Gasteiger partial charge in [0, 0.05) is 29.7 Å². The molecule has 0 unspecified atom stereocenters. The molecule has 0 atom stereocenters. The molecule has 0 fully saturated rings. The largest absolute Gasteiger partial charge is 0.344 e. The minimum absolute atomic E-state index is 0.595. The topological polar surface area (TPSA) is 75.9 Å². The Morgan fingerprint density at radius 3 is 2.71 bits per heavy atom. The van der Waals surface area contributed by atoms with Crippen molar-refractivity contribution in [2.24, 2.45) is 0 Å². The molecule has 0 saturated carbocycles. The molecule has 0 aliphatic carbocycles. The lowest BCUT2D eigenvalue weighted by molar-refractivity contribution is 0.112. The number of benzene rings is 1. The first kappa shape index (κ1) is 16.6. The number of rotatable bonds is 4. The minimum atomic E-state index is 0.595. The molecule has 0 radical (unpaired) electrons. The van der Waals surface area contributed by atoms with Gasteiger partial charge in [0.15, 0.2) is 6.29 Å². The third-order valence-electron chi connectivity index (χ3n) is 4.54. The van der Waals surface area contributed by atoms with Gasteiger partial charge in [-0.25, -0.2) is 15.0 Å². The van der Waals surface area contributed by atoms with Crippen LogP contribution >= 0.6 is 11.3 Å². The molecule has 0 aliphatic rings. The van der Waals surface area contributed by atoms with Gasteiger partial charge in [-0.05, 0) is 19.1 Å². The van der Waals surface area contributed by atoms with Crippen LogP contribution in [0.5, 0.6) is 0 Å². The molecule has 1 N–H and O–H groups in total. The van der Waals surface area contributed by atoms with Crippen molar-refractivity contribution in [2.75, 3.05) is 0 Å². The number of fused-ring (bicyclic) bond motifs is 1. The Morgan fingerprint density at radius 1 is 1.11 bits per heavy atom. The molecule has 4 aromatic heterocycles. The minimum Gasteiger partial charge on any atom is -0.344 e. The van der Waals surface area contributed by atoms with Gasteiger partial charge in [0.05, 0.1) is 16.3 Å². The highest BCUT2D eigenvalue weighted by molar-refractivity contribution is 7.18. The van der Waals surface area contributed by atoms with Crippen LogP contribution in [-0.2, 0) is 0 Å². The Kier molecular flexibility index (Phi) is 3.87. The van der Waals surface area contributed by atoms with Crippen molar-refractivity contribution >= 4 is 23.3 Å². The highest BCUT2D eigenvalue weighted by Gasteiger charge is 2.21. The van der Waals surface area contributed by atoms with Gasteiger partial charge in [-0.15, -0.1) is 11.3 Å². The average Bonchev–Trinajstić information content (AvgIpc) is 3.45. The second kappa shape index (κ2) is 6.54. The van der Waals surface area contributed by atoms with Gasteiger partial charge in [-0.3, -0.25) is 9.20 Å². The molecule has 4 heterocycles. The normalized spacial score (nSPS) is 11.2. The van der Waals surface area contributed by atoms with Crippen molar-refractivity contribution in [1.29, 1.82) is 0 Å². The fraction of sp³-hybridized carbons (Fsp3) is 0.0476. The molecule has 5 aromatic rings. The number of imidazole rings is 2. The number of nitrogens with zero attached hydrogens (tertiary/aromatic N) is 4. The number of carbonyl (C=O) groups is 1. The van der Waals surface area contributed by atoms with Crippen LogP contribution in [0.2, 0.25) is 0 Å². The van der Waals surface area contributed by atoms with Crippen LogP contribution in [0.15, 0.2) is 61.1 Å². The summed E-state index contributed by atoms with van der Waals surface area (Å²) in [6, 6.07) is 13.7. The number of pyridine rings is 1. The predicted molar refractivity (Wildman–Crippen MR) is 109 cm³/mol. The van der Waals surface area contributed by atoms with E-state index in [9.17, 15) is 4.79 Å². The van der Waals surface area contributed by atoms with Crippen molar-refractivity contribution in [3.05, 3.63) is 72.3 Å². The molecule has 0 aliphatic heterocycles. The van der Waals surface area contributed by atoms with E-state index >= 15 is 0 Å². The average molecular weight is 385 g/mol. The number of carbonyl (C=O) groups excluding carboxylic acids is 1. The number of aromatic amines is 1. The van der Waals surface area contributed by atoms with Gasteiger partial charge in [-0.2, -0.15) is 0 Å². The highest BCUT2D eigenvalue weighted by atomic mass is 32.1. The fourth-order valence-corrected chi connectivity index (χ4v) is 4.41. The van der Waals surface area contributed by atoms with Gasteiger partial charge < -0.3 is 4.98 Å². The molecule has 6 nitrogen and oxygen atoms in total. The Morgan fingerprint density at radius 2 is 1.96 bits per heavy atom. The number of thiazole rings is 1. The van der Waals surface area contributed by atoms with Crippen molar-refractivity contribution in [3.63, 3.8) is 0 Å². The van der Waals surface area contributed by atoms with Gasteiger partial charge in [0.25, 0.3) is 0 Å². The standard InChI is InChI=1S/C21H15N5OS/c1-13-18(26-11-14(12-27)7-8-16(26)24-13)21-25-17(15-5-3-2-4-6-15)19(28-21)20-22-9-10-23-20/h2-12H,1H3,(H,22,23). The molecule has 5 rings (SSSR count). The van der Waals surface area contributed by atoms with E-state index in [-0.39, 0.29) is 0 Å². The quantitative estimate of drug-likeness (QED) is 0.458. The maximum Gasteiger partial charge on any atom is 0.151 e. The van der Waals surface area contributed by atoms with Crippen molar-refractivity contribution in [3.8, 4) is 32.7 Å². The van der Waals surface area contributed by atoms with Crippen LogP contribution in [-0.4, -0.2) is 30.6 Å². The van der Waals surface area contributed by atoms with Crippen LogP contribution in [0.25, 0.3) is 38.3 Å². The number of H-pyrrole nitrogens is 1. The summed E-state index contributed by atoms with van der Waals surface area (Å²) in [7, 11) is 0. The molecule has 0 bridgehead atoms. The third kappa shape index (κ3) is 2.64. The lowest BCUT2D eigenvalue weighted by Crippen LogP contribution is -1.92. The predicted octanol–water partition coefficient (Wildman–Crippen LogP) is 4.64. The maximum absolute atomic E-state index is 11.2. The second-order valence-electron chi connectivity index (χ2n) is 6.35. The summed E-state index contributed by atoms with van der Waals surface area (Å²) < 4.78 is 1.93. The van der Waals surface area contributed by atoms with Gasteiger partial charge in [0.1, 0.15) is 22.2 Å². The lowest BCUT2D eigenvalue weighted by atomic mass is 10.1.